The summed E-state index contributed by atoms with van der Waals surface area (Å²) >= 11 is 1.85. The minimum atomic E-state index is -0.0432. The molecule has 0 saturated heterocycles. The van der Waals surface area contributed by atoms with Gasteiger partial charge in [-0.1, -0.05) is 6.92 Å². The fraction of sp³-hybridized carbons (Fsp3) is 0.636. The van der Waals surface area contributed by atoms with Crippen molar-refractivity contribution in [2.75, 3.05) is 16.8 Å². The van der Waals surface area contributed by atoms with E-state index in [2.05, 4.69) is 24.1 Å². The van der Waals surface area contributed by atoms with Gasteiger partial charge in [-0.25, -0.2) is 4.98 Å². The van der Waals surface area contributed by atoms with Crippen LogP contribution in [0.4, 0.5) is 5.82 Å². The SMILES string of the molecule is CCSCC(C)Nc1nccn(CC)c1=O. The summed E-state index contributed by atoms with van der Waals surface area (Å²) < 4.78 is 1.65. The molecule has 0 spiro atoms. The molecule has 0 fully saturated rings. The van der Waals surface area contributed by atoms with E-state index in [0.29, 0.717) is 12.4 Å². The lowest BCUT2D eigenvalue weighted by Crippen LogP contribution is -2.28. The largest absolute Gasteiger partial charge is 0.362 e. The fourth-order valence-corrected chi connectivity index (χ4v) is 2.04. The molecule has 0 aliphatic rings. The van der Waals surface area contributed by atoms with Crippen LogP contribution < -0.4 is 10.9 Å². The quantitative estimate of drug-likeness (QED) is 0.825. The van der Waals surface area contributed by atoms with E-state index in [0.717, 1.165) is 11.5 Å². The average Bonchev–Trinajstić information content (AvgIpc) is 2.29. The van der Waals surface area contributed by atoms with Crippen molar-refractivity contribution < 1.29 is 0 Å². The van der Waals surface area contributed by atoms with Gasteiger partial charge >= 0.3 is 0 Å². The Morgan fingerprint density at radius 2 is 2.31 bits per heavy atom. The number of hydrogen-bond acceptors (Lipinski definition) is 4. The summed E-state index contributed by atoms with van der Waals surface area (Å²) in [7, 11) is 0. The van der Waals surface area contributed by atoms with Crippen molar-refractivity contribution in [2.24, 2.45) is 0 Å². The van der Waals surface area contributed by atoms with Gasteiger partial charge in [0.25, 0.3) is 5.56 Å². The van der Waals surface area contributed by atoms with E-state index in [1.54, 1.807) is 17.0 Å². The molecule has 0 aromatic carbocycles. The van der Waals surface area contributed by atoms with E-state index >= 15 is 0 Å². The number of thioether (sulfide) groups is 1. The lowest BCUT2D eigenvalue weighted by molar-refractivity contribution is 0.715. The van der Waals surface area contributed by atoms with Gasteiger partial charge in [-0.15, -0.1) is 0 Å². The normalized spacial score (nSPS) is 12.4. The molecule has 0 bridgehead atoms. The minimum absolute atomic E-state index is 0.0432. The van der Waals surface area contributed by atoms with E-state index in [1.165, 1.54) is 0 Å². The van der Waals surface area contributed by atoms with E-state index in [-0.39, 0.29) is 11.6 Å². The monoisotopic (exact) mass is 241 g/mol. The third-order valence-electron chi connectivity index (χ3n) is 2.21. The van der Waals surface area contributed by atoms with Gasteiger partial charge in [0.05, 0.1) is 0 Å². The van der Waals surface area contributed by atoms with Crippen LogP contribution in [0.5, 0.6) is 0 Å². The Hall–Kier alpha value is -0.970. The number of nitrogens with zero attached hydrogens (tertiary/aromatic N) is 2. The predicted molar refractivity (Wildman–Crippen MR) is 70.3 cm³/mol. The first kappa shape index (κ1) is 13.1. The molecule has 0 amide bonds. The number of aryl methyl sites for hydroxylation is 1. The molecule has 90 valence electrons. The predicted octanol–water partition coefficient (Wildman–Crippen LogP) is 1.82. The number of rotatable bonds is 6. The first-order chi connectivity index (χ1) is 7.69. The van der Waals surface area contributed by atoms with E-state index in [9.17, 15) is 4.79 Å². The van der Waals surface area contributed by atoms with Gasteiger partial charge < -0.3 is 9.88 Å². The Morgan fingerprint density at radius 3 is 2.94 bits per heavy atom. The molecule has 5 heteroatoms. The summed E-state index contributed by atoms with van der Waals surface area (Å²) in [5.41, 5.74) is -0.0432. The second-order valence-corrected chi connectivity index (χ2v) is 4.89. The maximum absolute atomic E-state index is 11.8. The topological polar surface area (TPSA) is 46.9 Å². The van der Waals surface area contributed by atoms with Crippen molar-refractivity contribution in [1.82, 2.24) is 9.55 Å². The Morgan fingerprint density at radius 1 is 1.56 bits per heavy atom. The zero-order valence-electron chi connectivity index (χ0n) is 10.1. The van der Waals surface area contributed by atoms with Crippen molar-refractivity contribution >= 4 is 17.6 Å². The Balaban J connectivity index is 2.70. The molecule has 0 aliphatic heterocycles. The molecule has 16 heavy (non-hydrogen) atoms. The number of nitrogens with one attached hydrogen (secondary N) is 1. The van der Waals surface area contributed by atoms with Crippen LogP contribution in [0.15, 0.2) is 17.2 Å². The highest BCUT2D eigenvalue weighted by molar-refractivity contribution is 7.99. The molecule has 4 nitrogen and oxygen atoms in total. The number of anilines is 1. The summed E-state index contributed by atoms with van der Waals surface area (Å²) in [5.74, 6) is 2.53. The molecule has 1 N–H and O–H groups in total. The van der Waals surface area contributed by atoms with Gasteiger partial charge in [-0.3, -0.25) is 4.79 Å². The van der Waals surface area contributed by atoms with Crippen molar-refractivity contribution in [3.63, 3.8) is 0 Å². The lowest BCUT2D eigenvalue weighted by Gasteiger charge is -2.13. The minimum Gasteiger partial charge on any atom is -0.362 e. The number of aromatic nitrogens is 2. The van der Waals surface area contributed by atoms with Crippen LogP contribution >= 0.6 is 11.8 Å². The lowest BCUT2D eigenvalue weighted by atomic mass is 10.4. The maximum Gasteiger partial charge on any atom is 0.293 e. The fourth-order valence-electron chi connectivity index (χ4n) is 1.36. The second-order valence-electron chi connectivity index (χ2n) is 3.57. The van der Waals surface area contributed by atoms with Crippen molar-refractivity contribution in [3.8, 4) is 0 Å². The Kier molecular flexibility index (Phi) is 5.38. The smallest absolute Gasteiger partial charge is 0.293 e. The summed E-state index contributed by atoms with van der Waals surface area (Å²) in [5, 5.41) is 3.15. The first-order valence-electron chi connectivity index (χ1n) is 5.58. The Bertz CT molecular complexity index is 378. The zero-order valence-corrected chi connectivity index (χ0v) is 10.9. The second kappa shape index (κ2) is 6.58. The average molecular weight is 241 g/mol. The maximum atomic E-state index is 11.8. The highest BCUT2D eigenvalue weighted by Gasteiger charge is 2.07. The van der Waals surface area contributed by atoms with Crippen molar-refractivity contribution in [3.05, 3.63) is 22.7 Å². The molecule has 1 aromatic rings. The third kappa shape index (κ3) is 3.56. The molecule has 0 saturated carbocycles. The van der Waals surface area contributed by atoms with Crippen molar-refractivity contribution in [2.45, 2.75) is 33.4 Å². The van der Waals surface area contributed by atoms with Gasteiger partial charge in [0, 0.05) is 30.7 Å². The van der Waals surface area contributed by atoms with E-state index in [1.807, 2.05) is 18.7 Å². The number of hydrogen-bond donors (Lipinski definition) is 1. The molecule has 1 atom stereocenters. The molecule has 1 heterocycles. The summed E-state index contributed by atoms with van der Waals surface area (Å²) in [6.07, 6.45) is 3.37. The van der Waals surface area contributed by atoms with Crippen LogP contribution in [0.1, 0.15) is 20.8 Å². The van der Waals surface area contributed by atoms with Crippen LogP contribution in [0, 0.1) is 0 Å². The molecule has 0 aliphatic carbocycles. The molecule has 1 aromatic heterocycles. The Labute approximate surface area is 100 Å². The highest BCUT2D eigenvalue weighted by Crippen LogP contribution is 2.05. The van der Waals surface area contributed by atoms with Crippen LogP contribution in [0.2, 0.25) is 0 Å². The third-order valence-corrected chi connectivity index (χ3v) is 3.35. The van der Waals surface area contributed by atoms with E-state index in [4.69, 9.17) is 0 Å². The van der Waals surface area contributed by atoms with Gasteiger partial charge in [0.15, 0.2) is 5.82 Å². The van der Waals surface area contributed by atoms with E-state index < -0.39 is 0 Å². The first-order valence-corrected chi connectivity index (χ1v) is 6.74. The summed E-state index contributed by atoms with van der Waals surface area (Å²) in [6.45, 7) is 6.81. The van der Waals surface area contributed by atoms with Gasteiger partial charge in [0.1, 0.15) is 0 Å². The van der Waals surface area contributed by atoms with Crippen LogP contribution in [-0.2, 0) is 6.54 Å². The van der Waals surface area contributed by atoms with Gasteiger partial charge in [0.2, 0.25) is 0 Å². The highest BCUT2D eigenvalue weighted by atomic mass is 32.2. The molecular weight excluding hydrogens is 222 g/mol. The van der Waals surface area contributed by atoms with Crippen LogP contribution in [0.3, 0.4) is 0 Å². The van der Waals surface area contributed by atoms with Crippen LogP contribution in [-0.4, -0.2) is 27.1 Å². The molecule has 0 radical (unpaired) electrons. The summed E-state index contributed by atoms with van der Waals surface area (Å²) in [6, 6.07) is 0.262. The standard InChI is InChI=1S/C11H19N3OS/c1-4-14-7-6-12-10(11(14)15)13-9(3)8-16-5-2/h6-7,9H,4-5,8H2,1-3H3,(H,12,13). The van der Waals surface area contributed by atoms with Gasteiger partial charge in [-0.2, -0.15) is 11.8 Å². The summed E-state index contributed by atoms with van der Waals surface area (Å²) in [4.78, 5) is 15.9. The van der Waals surface area contributed by atoms with Crippen molar-refractivity contribution in [1.29, 1.82) is 0 Å². The molecular formula is C11H19N3OS. The van der Waals surface area contributed by atoms with Gasteiger partial charge in [-0.05, 0) is 19.6 Å². The molecule has 1 unspecified atom stereocenters. The molecule has 1 rings (SSSR count). The zero-order chi connectivity index (χ0) is 12.0. The van der Waals surface area contributed by atoms with Crippen LogP contribution in [0.25, 0.3) is 0 Å².